The van der Waals surface area contributed by atoms with Gasteiger partial charge in [0.25, 0.3) is 0 Å². The van der Waals surface area contributed by atoms with Crippen LogP contribution in [0.3, 0.4) is 0 Å². The molecule has 0 amide bonds. The fourth-order valence-electron chi connectivity index (χ4n) is 3.10. The van der Waals surface area contributed by atoms with E-state index in [9.17, 15) is 0 Å². The number of hydrogen-bond donors (Lipinski definition) is 0. The van der Waals surface area contributed by atoms with E-state index in [4.69, 9.17) is 4.98 Å². The zero-order valence-corrected chi connectivity index (χ0v) is 16.3. The first-order valence-electron chi connectivity index (χ1n) is 8.83. The number of allylic oxidation sites excluding steroid dienone is 1. The molecule has 0 aliphatic rings. The molecule has 5 nitrogen and oxygen atoms in total. The van der Waals surface area contributed by atoms with E-state index in [0.717, 1.165) is 33.6 Å². The molecule has 4 rings (SSSR count). The highest BCUT2D eigenvalue weighted by Crippen LogP contribution is 2.27. The maximum atomic E-state index is 4.74. The summed E-state index contributed by atoms with van der Waals surface area (Å²) in [5, 5.41) is 9.73. The number of nitrogens with zero attached hydrogens (tertiary/aromatic N) is 5. The van der Waals surface area contributed by atoms with Gasteiger partial charge in [-0.2, -0.15) is 0 Å². The summed E-state index contributed by atoms with van der Waals surface area (Å²) in [6, 6.07) is 12.4. The van der Waals surface area contributed by atoms with Gasteiger partial charge in [-0.25, -0.2) is 4.98 Å². The molecular formula is C21H21N5S. The topological polar surface area (TPSA) is 48.0 Å². The second-order valence-electron chi connectivity index (χ2n) is 6.52. The Kier molecular flexibility index (Phi) is 4.81. The van der Waals surface area contributed by atoms with Gasteiger partial charge in [0.2, 0.25) is 0 Å². The zero-order valence-electron chi connectivity index (χ0n) is 15.5. The molecule has 0 aliphatic carbocycles. The maximum absolute atomic E-state index is 4.74. The Morgan fingerprint density at radius 1 is 1.15 bits per heavy atom. The highest BCUT2D eigenvalue weighted by molar-refractivity contribution is 7.98. The van der Waals surface area contributed by atoms with Crippen LogP contribution in [-0.4, -0.2) is 24.1 Å². The van der Waals surface area contributed by atoms with Crippen molar-refractivity contribution in [3.05, 3.63) is 78.3 Å². The number of pyridine rings is 1. The molecule has 0 fully saturated rings. The number of thioether (sulfide) groups is 1. The van der Waals surface area contributed by atoms with Gasteiger partial charge < -0.3 is 4.40 Å². The highest BCUT2D eigenvalue weighted by atomic mass is 32.2. The second kappa shape index (κ2) is 7.40. The van der Waals surface area contributed by atoms with Gasteiger partial charge in [-0.05, 0) is 31.5 Å². The third-order valence-corrected chi connectivity index (χ3v) is 5.38. The minimum absolute atomic E-state index is 0.670. The molecule has 0 spiro atoms. The van der Waals surface area contributed by atoms with E-state index in [2.05, 4.69) is 70.1 Å². The minimum Gasteiger partial charge on any atom is -0.307 e. The summed E-state index contributed by atoms with van der Waals surface area (Å²) in [7, 11) is 0. The van der Waals surface area contributed by atoms with Crippen LogP contribution in [0.15, 0.2) is 66.6 Å². The van der Waals surface area contributed by atoms with E-state index >= 15 is 0 Å². The van der Waals surface area contributed by atoms with Crippen LogP contribution in [-0.2, 0) is 12.3 Å². The molecule has 3 aromatic heterocycles. The summed E-state index contributed by atoms with van der Waals surface area (Å²) in [4.78, 5) is 4.74. The molecule has 4 aromatic rings. The quantitative estimate of drug-likeness (QED) is 0.362. The molecular weight excluding hydrogens is 354 g/mol. The second-order valence-corrected chi connectivity index (χ2v) is 7.46. The van der Waals surface area contributed by atoms with Gasteiger partial charge in [-0.1, -0.05) is 47.7 Å². The molecule has 0 saturated carbocycles. The van der Waals surface area contributed by atoms with E-state index in [1.165, 1.54) is 11.1 Å². The first kappa shape index (κ1) is 17.5. The number of aromatic nitrogens is 5. The summed E-state index contributed by atoms with van der Waals surface area (Å²) in [5.74, 6) is 1.61. The van der Waals surface area contributed by atoms with Crippen molar-refractivity contribution in [3.63, 3.8) is 0 Å². The largest absolute Gasteiger partial charge is 0.307 e. The lowest BCUT2D eigenvalue weighted by atomic mass is 10.1. The van der Waals surface area contributed by atoms with Crippen LogP contribution >= 0.6 is 11.8 Å². The molecule has 0 N–H and O–H groups in total. The zero-order chi connectivity index (χ0) is 18.8. The Hall–Kier alpha value is -2.86. The van der Waals surface area contributed by atoms with Crippen LogP contribution in [0.25, 0.3) is 17.0 Å². The van der Waals surface area contributed by atoms with Crippen LogP contribution in [0.1, 0.15) is 16.8 Å². The van der Waals surface area contributed by atoms with E-state index in [-0.39, 0.29) is 0 Å². The number of imidazole rings is 1. The van der Waals surface area contributed by atoms with Gasteiger partial charge in [0.15, 0.2) is 11.0 Å². The Bertz CT molecular complexity index is 1110. The van der Waals surface area contributed by atoms with Crippen LogP contribution in [0.5, 0.6) is 0 Å². The summed E-state index contributed by atoms with van der Waals surface area (Å²) in [6.45, 7) is 8.71. The first-order chi connectivity index (χ1) is 13.2. The van der Waals surface area contributed by atoms with Gasteiger partial charge in [-0.3, -0.25) is 4.57 Å². The fraction of sp³-hybridized carbons (Fsp3) is 0.190. The molecule has 0 saturated heterocycles. The van der Waals surface area contributed by atoms with E-state index in [0.29, 0.717) is 6.54 Å². The maximum Gasteiger partial charge on any atom is 0.192 e. The van der Waals surface area contributed by atoms with Crippen LogP contribution in [0, 0.1) is 13.8 Å². The van der Waals surface area contributed by atoms with Crippen LogP contribution in [0.4, 0.5) is 0 Å². The number of rotatable bonds is 6. The molecule has 0 atom stereocenters. The molecule has 0 radical (unpaired) electrons. The molecule has 136 valence electrons. The fourth-order valence-corrected chi connectivity index (χ4v) is 3.93. The summed E-state index contributed by atoms with van der Waals surface area (Å²) in [6.07, 6.45) is 5.98. The standard InChI is InChI=1S/C21H21N5S/c1-4-10-26-20(17-9-5-7-15(2)12-17)23-24-21(26)27-14-18-13-25-11-6-8-16(3)19(25)22-18/h4-9,11-13H,1,10,14H2,2-3H3. The summed E-state index contributed by atoms with van der Waals surface area (Å²) in [5.41, 5.74) is 5.47. The van der Waals surface area contributed by atoms with E-state index in [1.54, 1.807) is 11.8 Å². The number of hydrogen-bond acceptors (Lipinski definition) is 4. The summed E-state index contributed by atoms with van der Waals surface area (Å²) < 4.78 is 4.17. The lowest BCUT2D eigenvalue weighted by Crippen LogP contribution is -2.01. The molecule has 27 heavy (non-hydrogen) atoms. The van der Waals surface area contributed by atoms with Crippen molar-refractivity contribution in [1.82, 2.24) is 24.1 Å². The summed E-state index contributed by atoms with van der Waals surface area (Å²) >= 11 is 1.65. The normalized spacial score (nSPS) is 11.2. The number of aryl methyl sites for hydroxylation is 2. The van der Waals surface area contributed by atoms with Gasteiger partial charge >= 0.3 is 0 Å². The van der Waals surface area contributed by atoms with Crippen LogP contribution < -0.4 is 0 Å². The van der Waals surface area contributed by atoms with Gasteiger partial charge in [0.1, 0.15) is 5.65 Å². The molecule has 0 unspecified atom stereocenters. The third-order valence-electron chi connectivity index (χ3n) is 4.38. The molecule has 1 aromatic carbocycles. The minimum atomic E-state index is 0.670. The molecule has 0 aliphatic heterocycles. The van der Waals surface area contributed by atoms with Crippen molar-refractivity contribution in [1.29, 1.82) is 0 Å². The van der Waals surface area contributed by atoms with Crippen molar-refractivity contribution >= 4 is 17.4 Å². The lowest BCUT2D eigenvalue weighted by molar-refractivity contribution is 0.731. The SMILES string of the molecule is C=CCn1c(SCc2cn3cccc(C)c3n2)nnc1-c1cccc(C)c1. The Balaban J connectivity index is 1.61. The van der Waals surface area contributed by atoms with Gasteiger partial charge in [0, 0.05) is 30.3 Å². The molecule has 3 heterocycles. The first-order valence-corrected chi connectivity index (χ1v) is 9.81. The van der Waals surface area contributed by atoms with Crippen molar-refractivity contribution in [2.45, 2.75) is 31.3 Å². The van der Waals surface area contributed by atoms with Crippen molar-refractivity contribution in [3.8, 4) is 11.4 Å². The van der Waals surface area contributed by atoms with Crippen LogP contribution in [0.2, 0.25) is 0 Å². The average molecular weight is 376 g/mol. The lowest BCUT2D eigenvalue weighted by Gasteiger charge is -2.07. The monoisotopic (exact) mass is 375 g/mol. The van der Waals surface area contributed by atoms with E-state index < -0.39 is 0 Å². The Labute approximate surface area is 162 Å². The number of benzene rings is 1. The highest BCUT2D eigenvalue weighted by Gasteiger charge is 2.14. The molecule has 6 heteroatoms. The predicted octanol–water partition coefficient (Wildman–Crippen LogP) is 4.69. The third kappa shape index (κ3) is 3.53. The van der Waals surface area contributed by atoms with Crippen molar-refractivity contribution in [2.75, 3.05) is 0 Å². The van der Waals surface area contributed by atoms with Gasteiger partial charge in [-0.15, -0.1) is 16.8 Å². The Morgan fingerprint density at radius 2 is 2.04 bits per heavy atom. The van der Waals surface area contributed by atoms with E-state index in [1.807, 2.05) is 24.4 Å². The smallest absolute Gasteiger partial charge is 0.192 e. The predicted molar refractivity (Wildman–Crippen MR) is 110 cm³/mol. The average Bonchev–Trinajstić information content (AvgIpc) is 3.25. The Morgan fingerprint density at radius 3 is 2.81 bits per heavy atom. The molecule has 0 bridgehead atoms. The van der Waals surface area contributed by atoms with Crippen molar-refractivity contribution in [2.24, 2.45) is 0 Å². The van der Waals surface area contributed by atoms with Gasteiger partial charge in [0.05, 0.1) is 5.69 Å². The number of fused-ring (bicyclic) bond motifs is 1. The van der Waals surface area contributed by atoms with Crippen molar-refractivity contribution < 1.29 is 0 Å².